The third-order valence-electron chi connectivity index (χ3n) is 5.38. The van der Waals surface area contributed by atoms with E-state index in [1.807, 2.05) is 44.2 Å². The number of rotatable bonds is 4. The molecule has 31 heavy (non-hydrogen) atoms. The summed E-state index contributed by atoms with van der Waals surface area (Å²) in [5, 5.41) is 11.6. The molecule has 3 heterocycles. The van der Waals surface area contributed by atoms with Crippen molar-refractivity contribution in [1.82, 2.24) is 28.6 Å². The molecule has 0 unspecified atom stereocenters. The Bertz CT molecular complexity index is 1220. The molecule has 1 amide bonds. The molecule has 2 aromatic heterocycles. The van der Waals surface area contributed by atoms with Crippen LogP contribution in [0.5, 0.6) is 0 Å². The van der Waals surface area contributed by atoms with Gasteiger partial charge in [0, 0.05) is 31.9 Å². The maximum absolute atomic E-state index is 13.2. The number of hydrogen-bond acceptors (Lipinski definition) is 5. The van der Waals surface area contributed by atoms with Crippen LogP contribution in [0.2, 0.25) is 0 Å². The minimum atomic E-state index is -3.85. The summed E-state index contributed by atoms with van der Waals surface area (Å²) < 4.78 is 32.4. The first-order chi connectivity index (χ1) is 14.7. The number of aromatic nitrogens is 4. The van der Waals surface area contributed by atoms with Gasteiger partial charge in [-0.15, -0.1) is 0 Å². The van der Waals surface area contributed by atoms with E-state index in [2.05, 4.69) is 20.2 Å². The van der Waals surface area contributed by atoms with Crippen LogP contribution >= 0.6 is 0 Å². The second-order valence-corrected chi connectivity index (χ2v) is 9.46. The minimum absolute atomic E-state index is 0.270. The van der Waals surface area contributed by atoms with Gasteiger partial charge in [-0.1, -0.05) is 18.2 Å². The summed E-state index contributed by atoms with van der Waals surface area (Å²) in [5.74, 6) is 0.0586. The quantitative estimate of drug-likeness (QED) is 0.633. The van der Waals surface area contributed by atoms with Gasteiger partial charge in [0.15, 0.2) is 0 Å². The minimum Gasteiger partial charge on any atom is -0.309 e. The number of likely N-dealkylation sites (N-methyl/N-ethyl adjacent to an activating group) is 1. The summed E-state index contributed by atoms with van der Waals surface area (Å²) >= 11 is 0. The van der Waals surface area contributed by atoms with Crippen molar-refractivity contribution in [2.45, 2.75) is 32.4 Å². The van der Waals surface area contributed by atoms with Crippen LogP contribution < -0.4 is 10.0 Å². The number of aryl methyl sites for hydroxylation is 3. The van der Waals surface area contributed by atoms with E-state index in [1.165, 1.54) is 7.05 Å². The van der Waals surface area contributed by atoms with Crippen LogP contribution in [-0.4, -0.2) is 51.3 Å². The monoisotopic (exact) mass is 443 g/mol. The Morgan fingerprint density at radius 2 is 1.87 bits per heavy atom. The standard InChI is InChI=1S/C20H25N7O3S/c1-13-10-19(27(22-13)15-8-6-5-7-9-15)21-20(28)18-11-17(24-31(29,30)26(18)4)16-12-25(3)23-14(16)2/h5-10,12,17-18,24H,11H2,1-4H3,(H,21,28)/t17-,18+/m0/s1. The number of para-hydroxylation sites is 1. The number of hydrogen-bond donors (Lipinski definition) is 2. The lowest BCUT2D eigenvalue weighted by Gasteiger charge is -2.36. The van der Waals surface area contributed by atoms with Crippen LogP contribution in [-0.2, 0) is 22.1 Å². The van der Waals surface area contributed by atoms with Crippen LogP contribution in [0, 0.1) is 13.8 Å². The van der Waals surface area contributed by atoms with E-state index in [4.69, 9.17) is 0 Å². The van der Waals surface area contributed by atoms with Crippen molar-refractivity contribution in [3.63, 3.8) is 0 Å². The number of nitrogens with zero attached hydrogens (tertiary/aromatic N) is 5. The lowest BCUT2D eigenvalue weighted by molar-refractivity contribution is -0.120. The third-order valence-corrected chi connectivity index (χ3v) is 6.98. The average Bonchev–Trinajstić information content (AvgIpc) is 3.25. The van der Waals surface area contributed by atoms with Crippen LogP contribution in [0.4, 0.5) is 5.82 Å². The highest BCUT2D eigenvalue weighted by atomic mass is 32.2. The summed E-state index contributed by atoms with van der Waals surface area (Å²) in [6, 6.07) is 9.73. The average molecular weight is 444 g/mol. The number of carbonyl (C=O) groups excluding carboxylic acids is 1. The molecular formula is C20H25N7O3S. The van der Waals surface area contributed by atoms with Gasteiger partial charge in [-0.05, 0) is 32.4 Å². The highest BCUT2D eigenvalue weighted by molar-refractivity contribution is 7.87. The Labute approximate surface area is 181 Å². The molecule has 2 atom stereocenters. The van der Waals surface area contributed by atoms with Crippen molar-refractivity contribution >= 4 is 21.9 Å². The van der Waals surface area contributed by atoms with E-state index in [0.29, 0.717) is 5.82 Å². The SMILES string of the molecule is Cc1cc(NC(=O)[C@H]2C[C@@H](c3cn(C)nc3C)NS(=O)(=O)N2C)n(-c2ccccc2)n1. The summed E-state index contributed by atoms with van der Waals surface area (Å²) in [4.78, 5) is 13.2. The van der Waals surface area contributed by atoms with Crippen molar-refractivity contribution in [2.75, 3.05) is 12.4 Å². The predicted molar refractivity (Wildman–Crippen MR) is 116 cm³/mol. The molecule has 1 aliphatic heterocycles. The Morgan fingerprint density at radius 1 is 1.16 bits per heavy atom. The van der Waals surface area contributed by atoms with Crippen LogP contribution in [0.3, 0.4) is 0 Å². The van der Waals surface area contributed by atoms with Gasteiger partial charge in [0.25, 0.3) is 10.2 Å². The molecule has 4 rings (SSSR count). The number of anilines is 1. The van der Waals surface area contributed by atoms with Crippen LogP contribution in [0.1, 0.15) is 29.4 Å². The summed E-state index contributed by atoms with van der Waals surface area (Å²) in [6.07, 6.45) is 2.04. The van der Waals surface area contributed by atoms with Crippen LogP contribution in [0.15, 0.2) is 42.6 Å². The second-order valence-electron chi connectivity index (χ2n) is 7.69. The molecule has 0 bridgehead atoms. The second kappa shape index (κ2) is 7.91. The third kappa shape index (κ3) is 4.11. The van der Waals surface area contributed by atoms with Crippen molar-refractivity contribution < 1.29 is 13.2 Å². The zero-order valence-electron chi connectivity index (χ0n) is 17.8. The lowest BCUT2D eigenvalue weighted by Crippen LogP contribution is -2.56. The number of nitrogens with one attached hydrogen (secondary N) is 2. The summed E-state index contributed by atoms with van der Waals surface area (Å²) in [7, 11) is -0.670. The fourth-order valence-corrected chi connectivity index (χ4v) is 5.10. The molecule has 164 valence electrons. The highest BCUT2D eigenvalue weighted by Gasteiger charge is 2.41. The molecule has 1 aromatic carbocycles. The van der Waals surface area contributed by atoms with Gasteiger partial charge in [0.2, 0.25) is 5.91 Å². The zero-order chi connectivity index (χ0) is 22.3. The van der Waals surface area contributed by atoms with Crippen molar-refractivity contribution in [3.05, 3.63) is 59.5 Å². The molecule has 0 radical (unpaired) electrons. The fourth-order valence-electron chi connectivity index (χ4n) is 3.84. The molecule has 0 aliphatic carbocycles. The molecule has 0 saturated carbocycles. The van der Waals surface area contributed by atoms with E-state index in [1.54, 1.807) is 28.7 Å². The zero-order valence-corrected chi connectivity index (χ0v) is 18.6. The maximum atomic E-state index is 13.2. The first-order valence-corrected chi connectivity index (χ1v) is 11.3. The Morgan fingerprint density at radius 3 is 2.52 bits per heavy atom. The van der Waals surface area contributed by atoms with Gasteiger partial charge < -0.3 is 5.32 Å². The van der Waals surface area contributed by atoms with Gasteiger partial charge >= 0.3 is 0 Å². The number of carbonyl (C=O) groups is 1. The van der Waals surface area contributed by atoms with E-state index in [9.17, 15) is 13.2 Å². The van der Waals surface area contributed by atoms with Gasteiger partial charge in [-0.25, -0.2) is 4.68 Å². The molecule has 11 heteroatoms. The predicted octanol–water partition coefficient (Wildman–Crippen LogP) is 1.44. The molecule has 1 aliphatic rings. The lowest BCUT2D eigenvalue weighted by atomic mass is 10.00. The van der Waals surface area contributed by atoms with E-state index >= 15 is 0 Å². The molecule has 0 spiro atoms. The first-order valence-electron chi connectivity index (χ1n) is 9.84. The fraction of sp³-hybridized carbons (Fsp3) is 0.350. The molecule has 2 N–H and O–H groups in total. The Balaban J connectivity index is 1.63. The van der Waals surface area contributed by atoms with Crippen molar-refractivity contribution in [2.24, 2.45) is 7.05 Å². The van der Waals surface area contributed by atoms with Gasteiger partial charge in [0.05, 0.1) is 23.1 Å². The van der Waals surface area contributed by atoms with Gasteiger partial charge in [-0.2, -0.15) is 27.6 Å². The van der Waals surface area contributed by atoms with E-state index in [0.717, 1.165) is 26.9 Å². The molecule has 10 nitrogen and oxygen atoms in total. The van der Waals surface area contributed by atoms with Crippen molar-refractivity contribution in [3.8, 4) is 5.69 Å². The van der Waals surface area contributed by atoms with Gasteiger partial charge in [-0.3, -0.25) is 9.48 Å². The maximum Gasteiger partial charge on any atom is 0.280 e. The van der Waals surface area contributed by atoms with Gasteiger partial charge in [0.1, 0.15) is 11.9 Å². The summed E-state index contributed by atoms with van der Waals surface area (Å²) in [5.41, 5.74) is 2.99. The Kier molecular flexibility index (Phi) is 5.42. The van der Waals surface area contributed by atoms with Crippen molar-refractivity contribution in [1.29, 1.82) is 0 Å². The number of benzene rings is 1. The molecule has 1 fully saturated rings. The smallest absolute Gasteiger partial charge is 0.280 e. The van der Waals surface area contributed by atoms with Crippen LogP contribution in [0.25, 0.3) is 5.69 Å². The molecule has 3 aromatic rings. The first kappa shape index (κ1) is 21.2. The molecule has 1 saturated heterocycles. The van der Waals surface area contributed by atoms with E-state index < -0.39 is 28.2 Å². The number of amides is 1. The normalized spacial score (nSPS) is 21.2. The topological polar surface area (TPSA) is 114 Å². The highest BCUT2D eigenvalue weighted by Crippen LogP contribution is 2.30. The van der Waals surface area contributed by atoms with E-state index in [-0.39, 0.29) is 6.42 Å². The summed E-state index contributed by atoms with van der Waals surface area (Å²) in [6.45, 7) is 3.65. The largest absolute Gasteiger partial charge is 0.309 e. The molecular weight excluding hydrogens is 418 g/mol. The Hall–Kier alpha value is -3.02.